The van der Waals surface area contributed by atoms with Crippen LogP contribution >= 0.6 is 0 Å². The molecule has 0 fully saturated rings. The maximum atomic E-state index is 11.8. The van der Waals surface area contributed by atoms with E-state index in [2.05, 4.69) is 10.2 Å². The molecule has 19 heavy (non-hydrogen) atoms. The van der Waals surface area contributed by atoms with Gasteiger partial charge in [0.15, 0.2) is 0 Å². The number of aliphatic carboxylic acids is 1. The van der Waals surface area contributed by atoms with Crippen LogP contribution in [0.3, 0.4) is 0 Å². The predicted octanol–water partition coefficient (Wildman–Crippen LogP) is 0.0708. The van der Waals surface area contributed by atoms with Crippen molar-refractivity contribution < 1.29 is 19.4 Å². The predicted molar refractivity (Wildman–Crippen MR) is 72.3 cm³/mol. The number of rotatable bonds is 10. The van der Waals surface area contributed by atoms with Gasteiger partial charge in [-0.1, -0.05) is 0 Å². The zero-order chi connectivity index (χ0) is 14.7. The maximum Gasteiger partial charge on any atom is 0.329 e. The SMILES string of the molecule is CCN(CCCN(C)C)C(=O)NCCOCC(=O)O. The van der Waals surface area contributed by atoms with Crippen molar-refractivity contribution in [3.05, 3.63) is 0 Å². The van der Waals surface area contributed by atoms with Gasteiger partial charge in [-0.2, -0.15) is 0 Å². The highest BCUT2D eigenvalue weighted by atomic mass is 16.5. The van der Waals surface area contributed by atoms with Gasteiger partial charge in [-0.25, -0.2) is 9.59 Å². The van der Waals surface area contributed by atoms with E-state index in [1.807, 2.05) is 21.0 Å². The van der Waals surface area contributed by atoms with Crippen molar-refractivity contribution in [1.82, 2.24) is 15.1 Å². The van der Waals surface area contributed by atoms with Crippen molar-refractivity contribution in [3.63, 3.8) is 0 Å². The Balaban J connectivity index is 3.72. The van der Waals surface area contributed by atoms with E-state index < -0.39 is 5.97 Å². The summed E-state index contributed by atoms with van der Waals surface area (Å²) in [6.45, 7) is 4.40. The van der Waals surface area contributed by atoms with E-state index in [1.54, 1.807) is 4.90 Å². The molecule has 0 saturated heterocycles. The first kappa shape index (κ1) is 17.7. The van der Waals surface area contributed by atoms with Crippen molar-refractivity contribution in [2.45, 2.75) is 13.3 Å². The van der Waals surface area contributed by atoms with E-state index in [4.69, 9.17) is 9.84 Å². The Morgan fingerprint density at radius 3 is 2.47 bits per heavy atom. The Hall–Kier alpha value is -1.34. The summed E-state index contributed by atoms with van der Waals surface area (Å²) in [7, 11) is 3.99. The van der Waals surface area contributed by atoms with Gasteiger partial charge in [0.1, 0.15) is 6.61 Å². The third-order valence-corrected chi connectivity index (χ3v) is 2.45. The summed E-state index contributed by atoms with van der Waals surface area (Å²) in [5.41, 5.74) is 0. The minimum absolute atomic E-state index is 0.139. The van der Waals surface area contributed by atoms with Crippen molar-refractivity contribution in [2.24, 2.45) is 0 Å². The molecule has 0 unspecified atom stereocenters. The molecular formula is C12H25N3O4. The van der Waals surface area contributed by atoms with Crippen molar-refractivity contribution in [2.75, 3.05) is 53.5 Å². The standard InChI is InChI=1S/C12H25N3O4/c1-4-15(8-5-7-14(2)3)12(18)13-6-9-19-10-11(16)17/h4-10H2,1-3H3,(H,13,18)(H,16,17). The molecule has 0 spiro atoms. The highest BCUT2D eigenvalue weighted by Crippen LogP contribution is 1.93. The Morgan fingerprint density at radius 1 is 1.26 bits per heavy atom. The van der Waals surface area contributed by atoms with E-state index in [0.717, 1.165) is 13.0 Å². The monoisotopic (exact) mass is 275 g/mol. The van der Waals surface area contributed by atoms with Crippen molar-refractivity contribution in [3.8, 4) is 0 Å². The molecule has 0 aliphatic heterocycles. The molecule has 0 aliphatic rings. The first-order valence-corrected chi connectivity index (χ1v) is 6.44. The van der Waals surface area contributed by atoms with E-state index in [-0.39, 0.29) is 19.2 Å². The number of carboxylic acids is 1. The van der Waals surface area contributed by atoms with Crippen LogP contribution in [0.4, 0.5) is 4.79 Å². The first-order chi connectivity index (χ1) is 8.97. The van der Waals surface area contributed by atoms with Gasteiger partial charge in [0, 0.05) is 19.6 Å². The largest absolute Gasteiger partial charge is 0.480 e. The molecule has 0 aromatic heterocycles. The van der Waals surface area contributed by atoms with Gasteiger partial charge in [0.25, 0.3) is 0 Å². The molecule has 112 valence electrons. The van der Waals surface area contributed by atoms with Crippen LogP contribution in [0.15, 0.2) is 0 Å². The van der Waals surface area contributed by atoms with E-state index in [1.165, 1.54) is 0 Å². The van der Waals surface area contributed by atoms with Gasteiger partial charge in [-0.15, -0.1) is 0 Å². The normalized spacial score (nSPS) is 10.5. The molecule has 7 heteroatoms. The van der Waals surface area contributed by atoms with E-state index >= 15 is 0 Å². The zero-order valence-corrected chi connectivity index (χ0v) is 12.0. The van der Waals surface area contributed by atoms with E-state index in [0.29, 0.717) is 19.6 Å². The van der Waals surface area contributed by atoms with Gasteiger partial charge in [0.2, 0.25) is 0 Å². The molecule has 0 saturated carbocycles. The minimum Gasteiger partial charge on any atom is -0.480 e. The molecule has 0 aromatic rings. The number of hydrogen-bond donors (Lipinski definition) is 2. The second-order valence-corrected chi connectivity index (χ2v) is 4.41. The summed E-state index contributed by atoms with van der Waals surface area (Å²) in [5.74, 6) is -1.01. The first-order valence-electron chi connectivity index (χ1n) is 6.44. The average Bonchev–Trinajstić information content (AvgIpc) is 2.33. The number of nitrogens with one attached hydrogen (secondary N) is 1. The molecule has 0 radical (unpaired) electrons. The van der Waals surface area contributed by atoms with Crippen LogP contribution in [0.1, 0.15) is 13.3 Å². The number of urea groups is 1. The quantitative estimate of drug-likeness (QED) is 0.551. The fourth-order valence-corrected chi connectivity index (χ4v) is 1.48. The lowest BCUT2D eigenvalue weighted by molar-refractivity contribution is -0.142. The molecular weight excluding hydrogens is 250 g/mol. The van der Waals surface area contributed by atoms with Gasteiger partial charge in [-0.05, 0) is 34.0 Å². The third-order valence-electron chi connectivity index (χ3n) is 2.45. The van der Waals surface area contributed by atoms with E-state index in [9.17, 15) is 9.59 Å². The average molecular weight is 275 g/mol. The number of amides is 2. The second-order valence-electron chi connectivity index (χ2n) is 4.41. The van der Waals surface area contributed by atoms with Gasteiger partial charge >= 0.3 is 12.0 Å². The molecule has 0 atom stereocenters. The summed E-state index contributed by atoms with van der Waals surface area (Å²) in [6, 6.07) is -0.139. The lowest BCUT2D eigenvalue weighted by Gasteiger charge is -2.22. The number of carboxylic acid groups (broad SMARTS) is 1. The van der Waals surface area contributed by atoms with Crippen LogP contribution in [-0.2, 0) is 9.53 Å². The Bertz CT molecular complexity index is 272. The highest BCUT2D eigenvalue weighted by molar-refractivity contribution is 5.74. The molecule has 2 N–H and O–H groups in total. The summed E-state index contributed by atoms with van der Waals surface area (Å²) in [6.07, 6.45) is 0.920. The fraction of sp³-hybridized carbons (Fsp3) is 0.833. The number of nitrogens with zero attached hydrogens (tertiary/aromatic N) is 2. The Morgan fingerprint density at radius 2 is 1.95 bits per heavy atom. The molecule has 7 nitrogen and oxygen atoms in total. The maximum absolute atomic E-state index is 11.8. The number of hydrogen-bond acceptors (Lipinski definition) is 4. The fourth-order valence-electron chi connectivity index (χ4n) is 1.48. The number of carbonyl (C=O) groups excluding carboxylic acids is 1. The third kappa shape index (κ3) is 10.3. The van der Waals surface area contributed by atoms with Crippen molar-refractivity contribution in [1.29, 1.82) is 0 Å². The molecule has 2 amide bonds. The molecule has 0 rings (SSSR count). The topological polar surface area (TPSA) is 82.1 Å². The van der Waals surface area contributed by atoms with Crippen LogP contribution in [0.2, 0.25) is 0 Å². The van der Waals surface area contributed by atoms with Gasteiger partial charge < -0.3 is 25.0 Å². The molecule has 0 aliphatic carbocycles. The second kappa shape index (κ2) is 10.6. The minimum atomic E-state index is -1.01. The summed E-state index contributed by atoms with van der Waals surface area (Å²) >= 11 is 0. The lowest BCUT2D eigenvalue weighted by Crippen LogP contribution is -2.42. The summed E-state index contributed by atoms with van der Waals surface area (Å²) < 4.78 is 4.83. The highest BCUT2D eigenvalue weighted by Gasteiger charge is 2.10. The molecule has 0 aromatic carbocycles. The van der Waals surface area contributed by atoms with Crippen LogP contribution < -0.4 is 5.32 Å². The molecule has 0 heterocycles. The zero-order valence-electron chi connectivity index (χ0n) is 12.0. The lowest BCUT2D eigenvalue weighted by atomic mass is 10.3. The smallest absolute Gasteiger partial charge is 0.329 e. The number of ether oxygens (including phenoxy) is 1. The summed E-state index contributed by atoms with van der Waals surface area (Å²) in [4.78, 5) is 25.8. The number of carbonyl (C=O) groups is 2. The Labute approximate surface area is 114 Å². The van der Waals surface area contributed by atoms with Crippen LogP contribution in [0.25, 0.3) is 0 Å². The Kier molecular flexibility index (Phi) is 9.82. The van der Waals surface area contributed by atoms with Crippen LogP contribution in [-0.4, -0.2) is 80.4 Å². The molecule has 0 bridgehead atoms. The van der Waals surface area contributed by atoms with Crippen LogP contribution in [0, 0.1) is 0 Å². The van der Waals surface area contributed by atoms with Crippen LogP contribution in [0.5, 0.6) is 0 Å². The van der Waals surface area contributed by atoms with Gasteiger partial charge in [0.05, 0.1) is 6.61 Å². The van der Waals surface area contributed by atoms with Gasteiger partial charge in [-0.3, -0.25) is 0 Å². The summed E-state index contributed by atoms with van der Waals surface area (Å²) in [5, 5.41) is 11.1. The van der Waals surface area contributed by atoms with Crippen molar-refractivity contribution >= 4 is 12.0 Å².